The largest absolute Gasteiger partial charge is 0.459 e. The van der Waals surface area contributed by atoms with Crippen LogP contribution in [0.1, 0.15) is 17.2 Å². The summed E-state index contributed by atoms with van der Waals surface area (Å²) in [6.45, 7) is 0.488. The summed E-state index contributed by atoms with van der Waals surface area (Å²) in [6, 6.07) is 21.9. The third-order valence-corrected chi connectivity index (χ3v) is 5.23. The molecule has 1 atom stereocenters. The minimum absolute atomic E-state index is 0.437. The molecule has 2 aromatic heterocycles. The van der Waals surface area contributed by atoms with Gasteiger partial charge in [-0.25, -0.2) is 10.1 Å². The lowest BCUT2D eigenvalue weighted by atomic mass is 9.94. The Hall–Kier alpha value is -4.33. The molecule has 2 heterocycles. The molecule has 2 N–H and O–H groups in total. The van der Waals surface area contributed by atoms with Gasteiger partial charge in [0, 0.05) is 12.0 Å². The number of nitrogens with one attached hydrogen (secondary N) is 2. The predicted octanol–water partition coefficient (Wildman–Crippen LogP) is 3.87. The minimum Gasteiger partial charge on any atom is -0.459 e. The summed E-state index contributed by atoms with van der Waals surface area (Å²) >= 11 is 0. The van der Waals surface area contributed by atoms with Gasteiger partial charge in [-0.15, -0.1) is 5.10 Å². The molecule has 152 valence electrons. The number of carbonyl (C=O) groups is 1. The van der Waals surface area contributed by atoms with E-state index >= 15 is 0 Å². The van der Waals surface area contributed by atoms with Crippen LogP contribution in [0.4, 0.5) is 0 Å². The Balaban J connectivity index is 1.53. The molecule has 0 aliphatic heterocycles. The fourth-order valence-electron chi connectivity index (χ4n) is 3.74. The number of nitrogens with zero attached hydrogens (tertiary/aromatic N) is 4. The lowest BCUT2D eigenvalue weighted by Gasteiger charge is -2.17. The van der Waals surface area contributed by atoms with E-state index in [2.05, 4.69) is 30.6 Å². The molecule has 5 aromatic rings. The molecule has 1 unspecified atom stereocenters. The fraction of sp³-hybridized carbons (Fsp3) is 0.0870. The summed E-state index contributed by atoms with van der Waals surface area (Å²) in [5, 5.41) is 14.4. The summed E-state index contributed by atoms with van der Waals surface area (Å²) in [7, 11) is 0. The topological polar surface area (TPSA) is 109 Å². The van der Waals surface area contributed by atoms with E-state index in [0.29, 0.717) is 18.7 Å². The van der Waals surface area contributed by atoms with Gasteiger partial charge in [-0.3, -0.25) is 4.79 Å². The summed E-state index contributed by atoms with van der Waals surface area (Å²) in [5.41, 5.74) is 6.58. The first kappa shape index (κ1) is 18.7. The molecule has 0 fully saturated rings. The SMILES string of the molecule is O=COC(Cc1ccc(-c2ccccc2)c(-c2nnn[nH]2)c1)c1ccc2nc[nH]c2c1. The van der Waals surface area contributed by atoms with Crippen molar-refractivity contribution in [3.63, 3.8) is 0 Å². The van der Waals surface area contributed by atoms with Crippen LogP contribution in [0.15, 0.2) is 73.1 Å². The number of imidazole rings is 1. The van der Waals surface area contributed by atoms with Crippen LogP contribution < -0.4 is 0 Å². The van der Waals surface area contributed by atoms with Crippen LogP contribution in [0.5, 0.6) is 0 Å². The van der Waals surface area contributed by atoms with E-state index < -0.39 is 6.10 Å². The Labute approximate surface area is 177 Å². The third-order valence-electron chi connectivity index (χ3n) is 5.23. The normalized spacial score (nSPS) is 12.0. The van der Waals surface area contributed by atoms with Crippen molar-refractivity contribution in [3.8, 4) is 22.5 Å². The number of hydrogen-bond donors (Lipinski definition) is 2. The molecule has 5 rings (SSSR count). The highest BCUT2D eigenvalue weighted by atomic mass is 16.5. The Morgan fingerprint density at radius 2 is 1.90 bits per heavy atom. The van der Waals surface area contributed by atoms with E-state index in [-0.39, 0.29) is 0 Å². The van der Waals surface area contributed by atoms with Crippen molar-refractivity contribution in [2.45, 2.75) is 12.5 Å². The van der Waals surface area contributed by atoms with Crippen LogP contribution >= 0.6 is 0 Å². The molecule has 0 spiro atoms. The summed E-state index contributed by atoms with van der Waals surface area (Å²) in [6.07, 6.45) is 1.71. The summed E-state index contributed by atoms with van der Waals surface area (Å²) in [4.78, 5) is 18.5. The first-order chi connectivity index (χ1) is 15.3. The van der Waals surface area contributed by atoms with Crippen LogP contribution in [0.2, 0.25) is 0 Å². The number of tetrazole rings is 1. The zero-order chi connectivity index (χ0) is 21.0. The van der Waals surface area contributed by atoms with Gasteiger partial charge in [-0.2, -0.15) is 0 Å². The zero-order valence-electron chi connectivity index (χ0n) is 16.4. The van der Waals surface area contributed by atoms with Crippen molar-refractivity contribution < 1.29 is 9.53 Å². The lowest BCUT2D eigenvalue weighted by Crippen LogP contribution is -2.07. The number of benzene rings is 3. The van der Waals surface area contributed by atoms with Gasteiger partial charge in [0.15, 0.2) is 5.82 Å². The number of aromatic nitrogens is 6. The number of ether oxygens (including phenoxy) is 1. The number of carbonyl (C=O) groups excluding carboxylic acids is 1. The first-order valence-corrected chi connectivity index (χ1v) is 9.76. The van der Waals surface area contributed by atoms with E-state index in [4.69, 9.17) is 4.74 Å². The lowest BCUT2D eigenvalue weighted by molar-refractivity contribution is -0.133. The van der Waals surface area contributed by atoms with Gasteiger partial charge < -0.3 is 9.72 Å². The van der Waals surface area contributed by atoms with Gasteiger partial charge in [-0.05, 0) is 50.9 Å². The molecule has 8 nitrogen and oxygen atoms in total. The Morgan fingerprint density at radius 3 is 2.71 bits per heavy atom. The van der Waals surface area contributed by atoms with E-state index in [1.54, 1.807) is 6.33 Å². The smallest absolute Gasteiger partial charge is 0.293 e. The highest BCUT2D eigenvalue weighted by Crippen LogP contribution is 2.32. The molecule has 3 aromatic carbocycles. The Bertz CT molecular complexity index is 1310. The molecule has 0 amide bonds. The molecule has 31 heavy (non-hydrogen) atoms. The van der Waals surface area contributed by atoms with Crippen LogP contribution in [-0.2, 0) is 16.0 Å². The van der Waals surface area contributed by atoms with Gasteiger partial charge in [0.1, 0.15) is 6.10 Å². The van der Waals surface area contributed by atoms with Crippen molar-refractivity contribution in [2.75, 3.05) is 0 Å². The highest BCUT2D eigenvalue weighted by molar-refractivity contribution is 5.81. The molecule has 8 heteroatoms. The van der Waals surface area contributed by atoms with Crippen LogP contribution in [-0.4, -0.2) is 37.1 Å². The van der Waals surface area contributed by atoms with Crippen molar-refractivity contribution in [1.29, 1.82) is 0 Å². The van der Waals surface area contributed by atoms with Crippen molar-refractivity contribution in [2.24, 2.45) is 0 Å². The minimum atomic E-state index is -0.437. The first-order valence-electron chi connectivity index (χ1n) is 9.76. The van der Waals surface area contributed by atoms with Crippen molar-refractivity contribution >= 4 is 17.5 Å². The van der Waals surface area contributed by atoms with Crippen molar-refractivity contribution in [1.82, 2.24) is 30.6 Å². The Morgan fingerprint density at radius 1 is 1.00 bits per heavy atom. The number of H-pyrrole nitrogens is 2. The maximum atomic E-state index is 11.2. The number of fused-ring (bicyclic) bond motifs is 1. The van der Waals surface area contributed by atoms with Crippen LogP contribution in [0.3, 0.4) is 0 Å². The number of rotatable bonds is 7. The second-order valence-corrected chi connectivity index (χ2v) is 7.10. The third kappa shape index (κ3) is 3.78. The van der Waals surface area contributed by atoms with Crippen LogP contribution in [0.25, 0.3) is 33.5 Å². The standard InChI is InChI=1S/C23H18N6O2/c30-14-31-22(17-7-9-20-21(12-17)25-13-24-20)11-15-6-8-18(16-4-2-1-3-5-16)19(10-15)23-26-28-29-27-23/h1-10,12-14,22H,11H2,(H,24,25)(H,26,27,28,29). The van der Waals surface area contributed by atoms with Gasteiger partial charge in [0.25, 0.3) is 6.47 Å². The van der Waals surface area contributed by atoms with E-state index in [1.165, 1.54) is 0 Å². The molecular formula is C23H18N6O2. The molecule has 0 aliphatic carbocycles. The molecule has 0 aliphatic rings. The number of hydrogen-bond acceptors (Lipinski definition) is 6. The fourth-order valence-corrected chi connectivity index (χ4v) is 3.74. The molecule has 0 saturated carbocycles. The van der Waals surface area contributed by atoms with E-state index in [0.717, 1.165) is 38.9 Å². The van der Waals surface area contributed by atoms with E-state index in [9.17, 15) is 4.79 Å². The van der Waals surface area contributed by atoms with Gasteiger partial charge >= 0.3 is 0 Å². The predicted molar refractivity (Wildman–Crippen MR) is 115 cm³/mol. The number of aromatic amines is 2. The average Bonchev–Trinajstić information content (AvgIpc) is 3.51. The summed E-state index contributed by atoms with van der Waals surface area (Å²) < 4.78 is 5.44. The average molecular weight is 410 g/mol. The molecular weight excluding hydrogens is 392 g/mol. The zero-order valence-corrected chi connectivity index (χ0v) is 16.4. The maximum Gasteiger partial charge on any atom is 0.293 e. The maximum absolute atomic E-state index is 11.2. The molecule has 0 radical (unpaired) electrons. The highest BCUT2D eigenvalue weighted by Gasteiger charge is 2.17. The van der Waals surface area contributed by atoms with Gasteiger partial charge in [-0.1, -0.05) is 48.5 Å². The van der Waals surface area contributed by atoms with Gasteiger partial charge in [0.2, 0.25) is 0 Å². The quantitative estimate of drug-likeness (QED) is 0.394. The summed E-state index contributed by atoms with van der Waals surface area (Å²) in [5.74, 6) is 0.576. The monoisotopic (exact) mass is 410 g/mol. The van der Waals surface area contributed by atoms with Crippen molar-refractivity contribution in [3.05, 3.63) is 84.2 Å². The van der Waals surface area contributed by atoms with Crippen LogP contribution in [0, 0.1) is 0 Å². The second kappa shape index (κ2) is 8.19. The Kier molecular flexibility index (Phi) is 4.94. The molecule has 0 saturated heterocycles. The van der Waals surface area contributed by atoms with E-state index in [1.807, 2.05) is 66.7 Å². The van der Waals surface area contributed by atoms with Gasteiger partial charge in [0.05, 0.1) is 17.4 Å². The molecule has 0 bridgehead atoms. The second-order valence-electron chi connectivity index (χ2n) is 7.10.